The summed E-state index contributed by atoms with van der Waals surface area (Å²) < 4.78 is 10.4. The van der Waals surface area contributed by atoms with Gasteiger partial charge in [-0.2, -0.15) is 0 Å². The van der Waals surface area contributed by atoms with Crippen LogP contribution < -0.4 is 24.2 Å². The standard InChI is InChI=1S/C22H25N3O4/c1-28-18-7-3-16(4-8-18)23-11-13-24(14-12-23)20-15-21(26)25(22(20)27)17-5-9-19(29-2)10-6-17/h3-10,20H,11-15H2,1-2H3/p+1/t20-/m0/s1. The lowest BCUT2D eigenvalue weighted by Gasteiger charge is -2.35. The van der Waals surface area contributed by atoms with Crippen LogP contribution in [0.2, 0.25) is 0 Å². The van der Waals surface area contributed by atoms with E-state index < -0.39 is 0 Å². The fourth-order valence-corrected chi connectivity index (χ4v) is 4.15. The number of benzene rings is 2. The van der Waals surface area contributed by atoms with Gasteiger partial charge in [0.1, 0.15) is 11.5 Å². The fourth-order valence-electron chi connectivity index (χ4n) is 4.15. The van der Waals surface area contributed by atoms with Crippen LogP contribution in [0.3, 0.4) is 0 Å². The normalized spacial score (nSPS) is 20.3. The first-order chi connectivity index (χ1) is 14.1. The van der Waals surface area contributed by atoms with Crippen LogP contribution in [0.1, 0.15) is 6.42 Å². The Bertz CT molecular complexity index is 874. The van der Waals surface area contributed by atoms with E-state index in [-0.39, 0.29) is 24.3 Å². The van der Waals surface area contributed by atoms with Crippen molar-refractivity contribution in [2.45, 2.75) is 12.5 Å². The lowest BCUT2D eigenvalue weighted by Crippen LogP contribution is -3.19. The maximum Gasteiger partial charge on any atom is 0.292 e. The SMILES string of the molecule is COc1ccc(N2CC[NH+]([C@H]3CC(=O)N(c4ccc(OC)cc4)C3=O)CC2)cc1. The predicted octanol–water partition coefficient (Wildman–Crippen LogP) is 0.741. The van der Waals surface area contributed by atoms with E-state index >= 15 is 0 Å². The summed E-state index contributed by atoms with van der Waals surface area (Å²) in [7, 11) is 3.25. The first kappa shape index (κ1) is 19.3. The molecule has 2 aliphatic heterocycles. The van der Waals surface area contributed by atoms with Gasteiger partial charge >= 0.3 is 0 Å². The van der Waals surface area contributed by atoms with Crippen LogP contribution >= 0.6 is 0 Å². The monoisotopic (exact) mass is 396 g/mol. The molecular formula is C22H26N3O4+. The van der Waals surface area contributed by atoms with Crippen molar-refractivity contribution in [2.24, 2.45) is 0 Å². The van der Waals surface area contributed by atoms with E-state index in [0.717, 1.165) is 37.6 Å². The van der Waals surface area contributed by atoms with Gasteiger partial charge in [-0.1, -0.05) is 0 Å². The molecule has 2 amide bonds. The van der Waals surface area contributed by atoms with Gasteiger partial charge in [-0.25, -0.2) is 4.90 Å². The Labute approximate surface area is 170 Å². The maximum absolute atomic E-state index is 13.0. The van der Waals surface area contributed by atoms with Crippen molar-refractivity contribution in [1.29, 1.82) is 0 Å². The highest BCUT2D eigenvalue weighted by atomic mass is 16.5. The summed E-state index contributed by atoms with van der Waals surface area (Å²) in [6, 6.07) is 14.8. The smallest absolute Gasteiger partial charge is 0.292 e. The number of hydrogen-bond acceptors (Lipinski definition) is 5. The van der Waals surface area contributed by atoms with Crippen LogP contribution in [-0.4, -0.2) is 58.3 Å². The van der Waals surface area contributed by atoms with Crippen molar-refractivity contribution < 1.29 is 24.0 Å². The average Bonchev–Trinajstić information content (AvgIpc) is 3.08. The number of rotatable bonds is 5. The number of methoxy groups -OCH3 is 2. The molecule has 0 aromatic heterocycles. The summed E-state index contributed by atoms with van der Waals surface area (Å²) in [5, 5.41) is 0. The fraction of sp³-hybridized carbons (Fsp3) is 0.364. The second kappa shape index (κ2) is 8.13. The van der Waals surface area contributed by atoms with Crippen molar-refractivity contribution in [1.82, 2.24) is 0 Å². The predicted molar refractivity (Wildman–Crippen MR) is 110 cm³/mol. The Balaban J connectivity index is 1.40. The summed E-state index contributed by atoms with van der Waals surface area (Å²) >= 11 is 0. The second-order valence-electron chi connectivity index (χ2n) is 7.37. The van der Waals surface area contributed by atoms with Crippen molar-refractivity contribution in [2.75, 3.05) is 50.2 Å². The summed E-state index contributed by atoms with van der Waals surface area (Å²) in [5.41, 5.74) is 1.76. The first-order valence-electron chi connectivity index (χ1n) is 9.85. The third-order valence-electron chi connectivity index (χ3n) is 5.81. The highest BCUT2D eigenvalue weighted by molar-refractivity contribution is 6.21. The molecule has 2 fully saturated rings. The zero-order valence-electron chi connectivity index (χ0n) is 16.8. The van der Waals surface area contributed by atoms with Gasteiger partial charge in [-0.15, -0.1) is 0 Å². The Morgan fingerprint density at radius 1 is 0.828 bits per heavy atom. The number of hydrogen-bond donors (Lipinski definition) is 1. The molecule has 2 saturated heterocycles. The van der Waals surface area contributed by atoms with E-state index in [0.29, 0.717) is 11.4 Å². The minimum Gasteiger partial charge on any atom is -0.497 e. The van der Waals surface area contributed by atoms with E-state index in [1.807, 2.05) is 12.1 Å². The lowest BCUT2D eigenvalue weighted by atomic mass is 10.1. The van der Waals surface area contributed by atoms with Crippen LogP contribution in [0.4, 0.5) is 11.4 Å². The zero-order valence-corrected chi connectivity index (χ0v) is 16.8. The van der Waals surface area contributed by atoms with E-state index in [2.05, 4.69) is 17.0 Å². The van der Waals surface area contributed by atoms with Crippen molar-refractivity contribution in [3.63, 3.8) is 0 Å². The van der Waals surface area contributed by atoms with Gasteiger partial charge in [0.05, 0.1) is 52.5 Å². The third kappa shape index (κ3) is 3.78. The van der Waals surface area contributed by atoms with E-state index in [1.165, 1.54) is 9.80 Å². The van der Waals surface area contributed by atoms with E-state index in [9.17, 15) is 9.59 Å². The molecule has 0 saturated carbocycles. The Morgan fingerprint density at radius 3 is 1.86 bits per heavy atom. The summed E-state index contributed by atoms with van der Waals surface area (Å²) in [6.45, 7) is 3.35. The number of carbonyl (C=O) groups is 2. The number of nitrogens with one attached hydrogen (secondary N) is 1. The first-order valence-corrected chi connectivity index (χ1v) is 9.85. The topological polar surface area (TPSA) is 63.5 Å². The number of ether oxygens (including phenoxy) is 2. The van der Waals surface area contributed by atoms with E-state index in [4.69, 9.17) is 9.47 Å². The molecule has 2 aromatic carbocycles. The van der Waals surface area contributed by atoms with E-state index in [1.54, 1.807) is 38.5 Å². The number of imide groups is 1. The molecule has 0 aliphatic carbocycles. The lowest BCUT2D eigenvalue weighted by molar-refractivity contribution is -0.915. The van der Waals surface area contributed by atoms with Gasteiger partial charge in [0.25, 0.3) is 5.91 Å². The summed E-state index contributed by atoms with van der Waals surface area (Å²) in [5.74, 6) is 1.31. The summed E-state index contributed by atoms with van der Waals surface area (Å²) in [6.07, 6.45) is 0.267. The van der Waals surface area contributed by atoms with Gasteiger partial charge in [0, 0.05) is 5.69 Å². The second-order valence-corrected chi connectivity index (χ2v) is 7.37. The molecule has 2 heterocycles. The highest BCUT2D eigenvalue weighted by Crippen LogP contribution is 2.25. The highest BCUT2D eigenvalue weighted by Gasteiger charge is 2.46. The molecule has 0 bridgehead atoms. The van der Waals surface area contributed by atoms with Crippen LogP contribution in [0, 0.1) is 0 Å². The molecule has 0 radical (unpaired) electrons. The molecule has 2 aromatic rings. The van der Waals surface area contributed by atoms with Gasteiger partial charge in [0.2, 0.25) is 5.91 Å². The largest absolute Gasteiger partial charge is 0.497 e. The Kier molecular flexibility index (Phi) is 5.40. The number of quaternary nitrogens is 1. The van der Waals surface area contributed by atoms with Crippen LogP contribution in [-0.2, 0) is 9.59 Å². The van der Waals surface area contributed by atoms with Gasteiger partial charge in [-0.3, -0.25) is 9.59 Å². The quantitative estimate of drug-likeness (QED) is 0.756. The number of amides is 2. The third-order valence-corrected chi connectivity index (χ3v) is 5.81. The Morgan fingerprint density at radius 2 is 1.34 bits per heavy atom. The molecule has 1 atom stereocenters. The number of nitrogens with zero attached hydrogens (tertiary/aromatic N) is 2. The minimum absolute atomic E-state index is 0.104. The van der Waals surface area contributed by atoms with Crippen LogP contribution in [0.25, 0.3) is 0 Å². The average molecular weight is 396 g/mol. The molecule has 152 valence electrons. The van der Waals surface area contributed by atoms with Crippen molar-refractivity contribution in [3.8, 4) is 11.5 Å². The number of carbonyl (C=O) groups excluding carboxylic acids is 2. The van der Waals surface area contributed by atoms with Crippen molar-refractivity contribution >= 4 is 23.2 Å². The summed E-state index contributed by atoms with van der Waals surface area (Å²) in [4.78, 5) is 30.4. The van der Waals surface area contributed by atoms with Gasteiger partial charge in [0.15, 0.2) is 6.04 Å². The van der Waals surface area contributed by atoms with Gasteiger partial charge < -0.3 is 19.3 Å². The molecule has 7 nitrogen and oxygen atoms in total. The molecule has 4 rings (SSSR count). The molecule has 2 aliphatic rings. The minimum atomic E-state index is -0.303. The van der Waals surface area contributed by atoms with Crippen LogP contribution in [0.5, 0.6) is 11.5 Å². The van der Waals surface area contributed by atoms with Crippen LogP contribution in [0.15, 0.2) is 48.5 Å². The maximum atomic E-state index is 13.0. The number of piperazine rings is 1. The van der Waals surface area contributed by atoms with Gasteiger partial charge in [-0.05, 0) is 48.5 Å². The number of anilines is 2. The molecular weight excluding hydrogens is 370 g/mol. The molecule has 0 unspecified atom stereocenters. The Hall–Kier alpha value is -3.06. The molecule has 7 heteroatoms. The van der Waals surface area contributed by atoms with Crippen molar-refractivity contribution in [3.05, 3.63) is 48.5 Å². The molecule has 0 spiro atoms. The molecule has 29 heavy (non-hydrogen) atoms. The molecule has 1 N–H and O–H groups in total. The zero-order chi connectivity index (χ0) is 20.4.